The Kier molecular flexibility index (Phi) is 4.64. The Balaban J connectivity index is 1.77. The van der Waals surface area contributed by atoms with E-state index in [-0.39, 0.29) is 21.3 Å². The number of aliphatic hydroxyl groups excluding tert-OH is 1. The molecule has 0 unspecified atom stereocenters. The first-order valence-corrected chi connectivity index (χ1v) is 8.00. The summed E-state index contributed by atoms with van der Waals surface area (Å²) in [6, 6.07) is 11.3. The predicted octanol–water partition coefficient (Wildman–Crippen LogP) is 3.18. The number of carbonyl (C=O) groups excluding carboxylic acids is 1. The van der Waals surface area contributed by atoms with Gasteiger partial charge in [0.15, 0.2) is 11.6 Å². The van der Waals surface area contributed by atoms with Gasteiger partial charge in [0.1, 0.15) is 23.1 Å². The fourth-order valence-electron chi connectivity index (χ4n) is 2.14. The average Bonchev–Trinajstić information content (AvgIpc) is 3.27. The number of nitrogens with one attached hydrogen (secondary N) is 1. The summed E-state index contributed by atoms with van der Waals surface area (Å²) in [4.78, 5) is 29.0. The molecule has 2 aromatic heterocycles. The van der Waals surface area contributed by atoms with E-state index < -0.39 is 23.3 Å². The van der Waals surface area contributed by atoms with E-state index >= 15 is 0 Å². The Hall–Kier alpha value is -3.71. The molecule has 2 heterocycles. The van der Waals surface area contributed by atoms with Gasteiger partial charge in [-0.25, -0.2) is 9.78 Å². The molecule has 0 radical (unpaired) electrons. The highest BCUT2D eigenvalue weighted by atomic mass is 32.1. The Morgan fingerprint density at radius 1 is 1.38 bits per heavy atom. The average molecular weight is 370 g/mol. The van der Waals surface area contributed by atoms with E-state index in [0.717, 1.165) is 0 Å². The standard InChI is InChI=1S/C16H10N4O5S/c17-7-9(15-18-10-3-1-2-4-11(10)19-15)12(21)8-25-16(22)13-5-6-14(26-13)20(23)24/h1-6,21H,8H2,(H,18,19)/b12-9-. The van der Waals surface area contributed by atoms with E-state index in [9.17, 15) is 25.3 Å². The summed E-state index contributed by atoms with van der Waals surface area (Å²) in [6.07, 6.45) is 0. The Bertz CT molecular complexity index is 1040. The van der Waals surface area contributed by atoms with Crippen molar-refractivity contribution in [1.82, 2.24) is 9.97 Å². The molecule has 3 rings (SSSR count). The second-order valence-corrected chi connectivity index (χ2v) is 6.07. The number of fused-ring (bicyclic) bond motifs is 1. The van der Waals surface area contributed by atoms with Crippen molar-refractivity contribution in [3.05, 3.63) is 63.0 Å². The molecular formula is C16H10N4O5S. The van der Waals surface area contributed by atoms with E-state index in [2.05, 4.69) is 9.97 Å². The topological polar surface area (TPSA) is 142 Å². The monoisotopic (exact) mass is 370 g/mol. The van der Waals surface area contributed by atoms with E-state index in [0.29, 0.717) is 22.4 Å². The zero-order chi connectivity index (χ0) is 18.7. The van der Waals surface area contributed by atoms with Crippen LogP contribution in [0.15, 0.2) is 42.2 Å². The lowest BCUT2D eigenvalue weighted by atomic mass is 10.2. The molecule has 26 heavy (non-hydrogen) atoms. The van der Waals surface area contributed by atoms with Crippen molar-refractivity contribution in [3.8, 4) is 6.07 Å². The summed E-state index contributed by atoms with van der Waals surface area (Å²) in [7, 11) is 0. The van der Waals surface area contributed by atoms with Crippen LogP contribution in [-0.4, -0.2) is 32.6 Å². The molecule has 0 saturated heterocycles. The first-order valence-electron chi connectivity index (χ1n) is 7.18. The molecule has 0 saturated carbocycles. The SMILES string of the molecule is N#C/C(=C(/O)COC(=O)c1ccc([N+](=O)[O-])s1)c1nc2ccccc2[nH]1. The molecule has 10 heteroatoms. The number of H-pyrrole nitrogens is 1. The molecule has 9 nitrogen and oxygen atoms in total. The molecule has 0 aliphatic rings. The predicted molar refractivity (Wildman–Crippen MR) is 92.5 cm³/mol. The highest BCUT2D eigenvalue weighted by Crippen LogP contribution is 2.25. The summed E-state index contributed by atoms with van der Waals surface area (Å²) < 4.78 is 4.91. The number of aromatic amines is 1. The highest BCUT2D eigenvalue weighted by molar-refractivity contribution is 7.17. The first-order chi connectivity index (χ1) is 12.5. The maximum Gasteiger partial charge on any atom is 0.348 e. The molecule has 130 valence electrons. The van der Waals surface area contributed by atoms with Crippen LogP contribution < -0.4 is 0 Å². The summed E-state index contributed by atoms with van der Waals surface area (Å²) in [6.45, 7) is -0.565. The molecule has 2 N–H and O–H groups in total. The molecule has 0 fully saturated rings. The number of aromatic nitrogens is 2. The van der Waals surface area contributed by atoms with Gasteiger partial charge in [-0.3, -0.25) is 10.1 Å². The molecular weight excluding hydrogens is 360 g/mol. The van der Waals surface area contributed by atoms with Gasteiger partial charge in [0.25, 0.3) is 0 Å². The minimum atomic E-state index is -0.837. The van der Waals surface area contributed by atoms with Crippen LogP contribution in [-0.2, 0) is 4.74 Å². The lowest BCUT2D eigenvalue weighted by Crippen LogP contribution is -2.08. The number of benzene rings is 1. The van der Waals surface area contributed by atoms with Crippen LogP contribution in [0.25, 0.3) is 16.6 Å². The van der Waals surface area contributed by atoms with Crippen molar-refractivity contribution in [2.45, 2.75) is 0 Å². The van der Waals surface area contributed by atoms with E-state index in [4.69, 9.17) is 4.74 Å². The largest absolute Gasteiger partial charge is 0.507 e. The number of esters is 1. The number of nitrogens with zero attached hydrogens (tertiary/aromatic N) is 3. The number of nitro groups is 1. The number of hydrogen-bond acceptors (Lipinski definition) is 8. The second-order valence-electron chi connectivity index (χ2n) is 5.01. The zero-order valence-corrected chi connectivity index (χ0v) is 13.8. The third-order valence-electron chi connectivity index (χ3n) is 3.34. The number of ether oxygens (including phenoxy) is 1. The molecule has 0 aliphatic heterocycles. The summed E-state index contributed by atoms with van der Waals surface area (Å²) in [5.74, 6) is -1.17. The molecule has 3 aromatic rings. The van der Waals surface area contributed by atoms with Crippen LogP contribution in [0.5, 0.6) is 0 Å². The third kappa shape index (κ3) is 3.38. The quantitative estimate of drug-likeness (QED) is 0.231. The van der Waals surface area contributed by atoms with Crippen molar-refractivity contribution in [2.24, 2.45) is 0 Å². The minimum Gasteiger partial charge on any atom is -0.507 e. The lowest BCUT2D eigenvalue weighted by Gasteiger charge is -2.04. The maximum atomic E-state index is 11.9. The normalized spacial score (nSPS) is 11.7. The molecule has 0 aliphatic carbocycles. The fourth-order valence-corrected chi connectivity index (χ4v) is 2.85. The van der Waals surface area contributed by atoms with E-state index in [1.807, 2.05) is 6.07 Å². The van der Waals surface area contributed by atoms with Crippen molar-refractivity contribution in [1.29, 1.82) is 5.26 Å². The number of aliphatic hydroxyl groups is 1. The van der Waals surface area contributed by atoms with Gasteiger partial charge in [-0.05, 0) is 18.2 Å². The maximum absolute atomic E-state index is 11.9. The number of nitriles is 1. The van der Waals surface area contributed by atoms with Gasteiger partial charge in [0, 0.05) is 6.07 Å². The van der Waals surface area contributed by atoms with E-state index in [1.165, 1.54) is 12.1 Å². The second kappa shape index (κ2) is 7.04. The van der Waals surface area contributed by atoms with Crippen LogP contribution in [0.2, 0.25) is 0 Å². The van der Waals surface area contributed by atoms with Crippen LogP contribution in [0, 0.1) is 21.4 Å². The molecule has 1 aromatic carbocycles. The van der Waals surface area contributed by atoms with Gasteiger partial charge < -0.3 is 14.8 Å². The van der Waals surface area contributed by atoms with Gasteiger partial charge >= 0.3 is 11.0 Å². The van der Waals surface area contributed by atoms with Gasteiger partial charge in [-0.2, -0.15) is 5.26 Å². The van der Waals surface area contributed by atoms with Crippen molar-refractivity contribution >= 4 is 38.9 Å². The van der Waals surface area contributed by atoms with Crippen LogP contribution in [0.3, 0.4) is 0 Å². The Morgan fingerprint density at radius 2 is 2.15 bits per heavy atom. The van der Waals surface area contributed by atoms with Gasteiger partial charge in [0.2, 0.25) is 0 Å². The van der Waals surface area contributed by atoms with Gasteiger partial charge in [0.05, 0.1) is 16.0 Å². The molecule has 0 spiro atoms. The first kappa shape index (κ1) is 17.1. The Labute approximate surface area is 149 Å². The number of para-hydroxylation sites is 2. The van der Waals surface area contributed by atoms with Gasteiger partial charge in [-0.1, -0.05) is 23.5 Å². The lowest BCUT2D eigenvalue weighted by molar-refractivity contribution is -0.380. The molecule has 0 bridgehead atoms. The fraction of sp³-hybridized carbons (Fsp3) is 0.0625. The number of thiophene rings is 1. The molecule has 0 amide bonds. The minimum absolute atomic E-state index is 0.0201. The van der Waals surface area contributed by atoms with Gasteiger partial charge in [-0.15, -0.1) is 0 Å². The van der Waals surface area contributed by atoms with Crippen LogP contribution >= 0.6 is 11.3 Å². The summed E-state index contributed by atoms with van der Waals surface area (Å²) >= 11 is 0.659. The number of allylic oxidation sites excluding steroid dienone is 1. The molecule has 0 atom stereocenters. The number of rotatable bonds is 5. The number of carbonyl (C=O) groups is 1. The van der Waals surface area contributed by atoms with Crippen molar-refractivity contribution in [2.75, 3.05) is 6.61 Å². The number of hydrogen-bond donors (Lipinski definition) is 2. The van der Waals surface area contributed by atoms with Crippen molar-refractivity contribution < 1.29 is 19.6 Å². The summed E-state index contributed by atoms with van der Waals surface area (Å²) in [5, 5.41) is 29.8. The smallest absolute Gasteiger partial charge is 0.348 e. The highest BCUT2D eigenvalue weighted by Gasteiger charge is 2.18. The Morgan fingerprint density at radius 3 is 2.81 bits per heavy atom. The summed E-state index contributed by atoms with van der Waals surface area (Å²) in [5.41, 5.74) is 1.14. The third-order valence-corrected chi connectivity index (χ3v) is 4.36. The van der Waals surface area contributed by atoms with E-state index in [1.54, 1.807) is 24.3 Å². The van der Waals surface area contributed by atoms with Crippen molar-refractivity contribution in [3.63, 3.8) is 0 Å². The van der Waals surface area contributed by atoms with Crippen LogP contribution in [0.1, 0.15) is 15.5 Å². The van der Waals surface area contributed by atoms with Crippen LogP contribution in [0.4, 0.5) is 5.00 Å². The zero-order valence-electron chi connectivity index (χ0n) is 13.0. The number of imidazole rings is 1.